The number of anilines is 1. The smallest absolute Gasteiger partial charge is 0.312 e. The summed E-state index contributed by atoms with van der Waals surface area (Å²) in [6.07, 6.45) is 3.04. The fraction of sp³-hybridized carbons (Fsp3) is 0.100. The number of rotatable bonds is 4. The summed E-state index contributed by atoms with van der Waals surface area (Å²) in [5.74, 6) is 0.901. The molecule has 1 N–H and O–H groups in total. The standard InChI is InChI=1S/C10H8BrN3O3/c11-7-4-9(14(15)16)10(12-5-7)13-6-8-2-1-3-17-8/h1-5H,6H2,(H,12,13). The lowest BCUT2D eigenvalue weighted by Crippen LogP contribution is -2.04. The van der Waals surface area contributed by atoms with Gasteiger partial charge >= 0.3 is 5.69 Å². The predicted octanol–water partition coefficient (Wildman–Crippen LogP) is 2.96. The zero-order valence-corrected chi connectivity index (χ0v) is 10.2. The summed E-state index contributed by atoms with van der Waals surface area (Å²) < 4.78 is 5.67. The van der Waals surface area contributed by atoms with Crippen LogP contribution in [-0.2, 0) is 6.54 Å². The third-order valence-corrected chi connectivity index (χ3v) is 2.47. The molecule has 0 atom stereocenters. The lowest BCUT2D eigenvalue weighted by Gasteiger charge is -2.04. The lowest BCUT2D eigenvalue weighted by atomic mass is 10.3. The van der Waals surface area contributed by atoms with Crippen molar-refractivity contribution >= 4 is 27.4 Å². The molecule has 2 rings (SSSR count). The molecule has 0 radical (unpaired) electrons. The van der Waals surface area contributed by atoms with Gasteiger partial charge in [0.15, 0.2) is 0 Å². The maximum Gasteiger partial charge on any atom is 0.312 e. The molecule has 88 valence electrons. The topological polar surface area (TPSA) is 81.2 Å². The van der Waals surface area contributed by atoms with E-state index >= 15 is 0 Å². The van der Waals surface area contributed by atoms with E-state index < -0.39 is 4.92 Å². The average Bonchev–Trinajstić information content (AvgIpc) is 2.80. The van der Waals surface area contributed by atoms with Crippen molar-refractivity contribution in [3.63, 3.8) is 0 Å². The molecule has 17 heavy (non-hydrogen) atoms. The van der Waals surface area contributed by atoms with Crippen LogP contribution < -0.4 is 5.32 Å². The fourth-order valence-corrected chi connectivity index (χ4v) is 1.61. The molecule has 0 aromatic carbocycles. The van der Waals surface area contributed by atoms with Gasteiger partial charge in [0, 0.05) is 16.7 Å². The number of pyridine rings is 1. The van der Waals surface area contributed by atoms with Crippen molar-refractivity contribution in [1.29, 1.82) is 0 Å². The van der Waals surface area contributed by atoms with E-state index in [1.54, 1.807) is 18.4 Å². The summed E-state index contributed by atoms with van der Waals surface area (Å²) >= 11 is 3.14. The Labute approximate surface area is 105 Å². The Morgan fingerprint density at radius 2 is 2.41 bits per heavy atom. The molecule has 2 aromatic rings. The molecule has 0 saturated heterocycles. The number of aromatic nitrogens is 1. The molecular weight excluding hydrogens is 290 g/mol. The predicted molar refractivity (Wildman–Crippen MR) is 64.6 cm³/mol. The molecule has 2 heterocycles. The van der Waals surface area contributed by atoms with Crippen LogP contribution in [0.2, 0.25) is 0 Å². The van der Waals surface area contributed by atoms with Gasteiger partial charge in [0.05, 0.1) is 17.7 Å². The molecule has 0 fully saturated rings. The molecule has 0 bridgehead atoms. The lowest BCUT2D eigenvalue weighted by molar-refractivity contribution is -0.384. The Bertz CT molecular complexity index is 528. The van der Waals surface area contributed by atoms with Crippen LogP contribution in [0.4, 0.5) is 11.5 Å². The molecule has 7 heteroatoms. The van der Waals surface area contributed by atoms with Crippen LogP contribution in [0.1, 0.15) is 5.76 Å². The van der Waals surface area contributed by atoms with Gasteiger partial charge in [0.25, 0.3) is 0 Å². The van der Waals surface area contributed by atoms with Crippen molar-refractivity contribution < 1.29 is 9.34 Å². The van der Waals surface area contributed by atoms with E-state index in [4.69, 9.17) is 4.42 Å². The third kappa shape index (κ3) is 2.82. The summed E-state index contributed by atoms with van der Waals surface area (Å²) in [5, 5.41) is 13.7. The quantitative estimate of drug-likeness (QED) is 0.693. The zero-order chi connectivity index (χ0) is 12.3. The van der Waals surface area contributed by atoms with Crippen molar-refractivity contribution in [3.05, 3.63) is 51.0 Å². The van der Waals surface area contributed by atoms with Crippen molar-refractivity contribution in [2.45, 2.75) is 6.54 Å². The van der Waals surface area contributed by atoms with Crippen molar-refractivity contribution in [2.24, 2.45) is 0 Å². The van der Waals surface area contributed by atoms with E-state index in [-0.39, 0.29) is 11.5 Å². The van der Waals surface area contributed by atoms with Crippen LogP contribution in [0.5, 0.6) is 0 Å². The van der Waals surface area contributed by atoms with Gasteiger partial charge in [-0.05, 0) is 28.1 Å². The van der Waals surface area contributed by atoms with Gasteiger partial charge in [0.2, 0.25) is 5.82 Å². The number of hydrogen-bond donors (Lipinski definition) is 1. The first kappa shape index (κ1) is 11.6. The number of nitro groups is 1. The normalized spacial score (nSPS) is 10.2. The Hall–Kier alpha value is -1.89. The highest BCUT2D eigenvalue weighted by molar-refractivity contribution is 9.10. The number of nitrogens with zero attached hydrogens (tertiary/aromatic N) is 2. The van der Waals surface area contributed by atoms with Crippen molar-refractivity contribution in [3.8, 4) is 0 Å². The van der Waals surface area contributed by atoms with Crippen LogP contribution in [0.3, 0.4) is 0 Å². The summed E-state index contributed by atoms with van der Waals surface area (Å²) in [4.78, 5) is 14.3. The first-order valence-corrected chi connectivity index (χ1v) is 5.52. The second-order valence-electron chi connectivity index (χ2n) is 3.21. The van der Waals surface area contributed by atoms with Gasteiger partial charge in [-0.15, -0.1) is 0 Å². The largest absolute Gasteiger partial charge is 0.467 e. The summed E-state index contributed by atoms with van der Waals surface area (Å²) in [6, 6.07) is 4.93. The Morgan fingerprint density at radius 3 is 3.06 bits per heavy atom. The zero-order valence-electron chi connectivity index (χ0n) is 8.59. The van der Waals surface area contributed by atoms with E-state index in [9.17, 15) is 10.1 Å². The molecule has 2 aromatic heterocycles. The molecule has 0 aliphatic carbocycles. The minimum Gasteiger partial charge on any atom is -0.467 e. The van der Waals surface area contributed by atoms with Crippen LogP contribution in [0, 0.1) is 10.1 Å². The van der Waals surface area contributed by atoms with Gasteiger partial charge in [0.1, 0.15) is 5.76 Å². The van der Waals surface area contributed by atoms with E-state index in [1.165, 1.54) is 12.3 Å². The first-order valence-electron chi connectivity index (χ1n) is 4.73. The Balaban J connectivity index is 2.17. The highest BCUT2D eigenvalue weighted by atomic mass is 79.9. The van der Waals surface area contributed by atoms with Gasteiger partial charge in [-0.2, -0.15) is 0 Å². The Kier molecular flexibility index (Phi) is 3.38. The molecule has 6 nitrogen and oxygen atoms in total. The van der Waals surface area contributed by atoms with E-state index in [0.29, 0.717) is 16.8 Å². The van der Waals surface area contributed by atoms with Crippen LogP contribution in [-0.4, -0.2) is 9.91 Å². The molecule has 0 aliphatic rings. The average molecular weight is 298 g/mol. The monoisotopic (exact) mass is 297 g/mol. The molecule has 0 amide bonds. The van der Waals surface area contributed by atoms with E-state index in [0.717, 1.165) is 0 Å². The van der Waals surface area contributed by atoms with Crippen molar-refractivity contribution in [1.82, 2.24) is 4.98 Å². The van der Waals surface area contributed by atoms with Crippen LogP contribution in [0.15, 0.2) is 39.5 Å². The van der Waals surface area contributed by atoms with E-state index in [2.05, 4.69) is 26.2 Å². The SMILES string of the molecule is O=[N+]([O-])c1cc(Br)cnc1NCc1ccco1. The molecular formula is C10H8BrN3O3. The number of hydrogen-bond acceptors (Lipinski definition) is 5. The second kappa shape index (κ2) is 4.96. The van der Waals surface area contributed by atoms with Gasteiger partial charge < -0.3 is 9.73 Å². The molecule has 0 aliphatic heterocycles. The number of halogens is 1. The van der Waals surface area contributed by atoms with Crippen molar-refractivity contribution in [2.75, 3.05) is 5.32 Å². The summed E-state index contributed by atoms with van der Waals surface area (Å²) in [5.41, 5.74) is -0.0778. The minimum absolute atomic E-state index is 0.0778. The highest BCUT2D eigenvalue weighted by Crippen LogP contribution is 2.25. The maximum absolute atomic E-state index is 10.8. The molecule has 0 unspecified atom stereocenters. The summed E-state index contributed by atoms with van der Waals surface area (Å²) in [7, 11) is 0. The van der Waals surface area contributed by atoms with Crippen LogP contribution in [0.25, 0.3) is 0 Å². The summed E-state index contributed by atoms with van der Waals surface area (Å²) in [6.45, 7) is 0.350. The maximum atomic E-state index is 10.8. The second-order valence-corrected chi connectivity index (χ2v) is 4.13. The van der Waals surface area contributed by atoms with Gasteiger partial charge in [-0.25, -0.2) is 4.98 Å². The number of furan rings is 1. The third-order valence-electron chi connectivity index (χ3n) is 2.04. The molecule has 0 spiro atoms. The highest BCUT2D eigenvalue weighted by Gasteiger charge is 2.15. The van der Waals surface area contributed by atoms with E-state index in [1.807, 2.05) is 0 Å². The van der Waals surface area contributed by atoms with Crippen LogP contribution >= 0.6 is 15.9 Å². The minimum atomic E-state index is -0.484. The Morgan fingerprint density at radius 1 is 1.59 bits per heavy atom. The molecule has 0 saturated carbocycles. The van der Waals surface area contributed by atoms with Gasteiger partial charge in [-0.1, -0.05) is 0 Å². The first-order chi connectivity index (χ1) is 8.16. The van der Waals surface area contributed by atoms with Gasteiger partial charge in [-0.3, -0.25) is 10.1 Å². The number of nitrogens with one attached hydrogen (secondary N) is 1. The fourth-order valence-electron chi connectivity index (χ4n) is 1.29.